The second-order valence-corrected chi connectivity index (χ2v) is 11.3. The van der Waals surface area contributed by atoms with Gasteiger partial charge in [0.2, 0.25) is 11.8 Å². The van der Waals surface area contributed by atoms with Gasteiger partial charge in [-0.2, -0.15) is 12.6 Å². The van der Waals surface area contributed by atoms with Gasteiger partial charge in [-0.3, -0.25) is 9.59 Å². The van der Waals surface area contributed by atoms with Gasteiger partial charge >= 0.3 is 6.09 Å². The van der Waals surface area contributed by atoms with Crippen LogP contribution in [0.5, 0.6) is 5.75 Å². The first kappa shape index (κ1) is 32.6. The molecule has 0 aromatic heterocycles. The van der Waals surface area contributed by atoms with Gasteiger partial charge in [-0.05, 0) is 58.9 Å². The Kier molecular flexibility index (Phi) is 13.9. The van der Waals surface area contributed by atoms with Gasteiger partial charge in [-0.1, -0.05) is 51.8 Å². The van der Waals surface area contributed by atoms with Gasteiger partial charge in [-0.25, -0.2) is 4.79 Å². The van der Waals surface area contributed by atoms with E-state index in [4.69, 9.17) is 4.74 Å². The molecule has 0 radical (unpaired) electrons. The first-order valence-electron chi connectivity index (χ1n) is 13.3. The number of nitrogens with one attached hydrogen (secondary N) is 2. The maximum atomic E-state index is 14.0. The average Bonchev–Trinajstić information content (AvgIpc) is 2.81. The van der Waals surface area contributed by atoms with E-state index in [0.717, 1.165) is 25.7 Å². The molecule has 3 unspecified atom stereocenters. The molecule has 210 valence electrons. The fraction of sp³-hybridized carbons (Fsp3) is 0.679. The van der Waals surface area contributed by atoms with Gasteiger partial charge in [0.15, 0.2) is 0 Å². The number of aromatic hydroxyl groups is 1. The van der Waals surface area contributed by atoms with Crippen molar-refractivity contribution in [3.8, 4) is 5.75 Å². The topological polar surface area (TPSA) is 108 Å². The van der Waals surface area contributed by atoms with Crippen molar-refractivity contribution in [3.63, 3.8) is 0 Å². The Labute approximate surface area is 228 Å². The molecule has 3 atom stereocenters. The molecule has 0 saturated carbocycles. The van der Waals surface area contributed by atoms with Gasteiger partial charge in [0.25, 0.3) is 0 Å². The molecule has 0 heterocycles. The Hall–Kier alpha value is -2.42. The minimum absolute atomic E-state index is 0.0110. The fourth-order valence-corrected chi connectivity index (χ4v) is 4.19. The van der Waals surface area contributed by atoms with Crippen molar-refractivity contribution < 1.29 is 24.2 Å². The average molecular weight is 538 g/mol. The number of rotatable bonds is 14. The molecule has 0 aliphatic rings. The molecule has 1 rings (SSSR count). The number of thiol groups is 1. The molecule has 0 saturated heterocycles. The molecule has 0 aliphatic carbocycles. The van der Waals surface area contributed by atoms with E-state index >= 15 is 0 Å². The lowest BCUT2D eigenvalue weighted by Gasteiger charge is -2.38. The molecule has 8 nitrogen and oxygen atoms in total. The van der Waals surface area contributed by atoms with Crippen LogP contribution in [0.2, 0.25) is 0 Å². The van der Waals surface area contributed by atoms with Gasteiger partial charge < -0.3 is 25.4 Å². The Morgan fingerprint density at radius 3 is 2.27 bits per heavy atom. The normalized spacial score (nSPS) is 14.0. The number of nitrogens with zero attached hydrogens (tertiary/aromatic N) is 1. The summed E-state index contributed by atoms with van der Waals surface area (Å²) in [6.07, 6.45) is 3.53. The van der Waals surface area contributed by atoms with E-state index in [1.807, 2.05) is 6.92 Å². The molecule has 0 bridgehead atoms. The summed E-state index contributed by atoms with van der Waals surface area (Å²) in [5.41, 5.74) is -0.412. The maximum Gasteiger partial charge on any atom is 0.408 e. The molecule has 1 aromatic rings. The lowest BCUT2D eigenvalue weighted by Crippen LogP contribution is -2.56. The third-order valence-corrected chi connectivity index (χ3v) is 6.27. The van der Waals surface area contributed by atoms with Gasteiger partial charge in [0, 0.05) is 23.9 Å². The van der Waals surface area contributed by atoms with Crippen LogP contribution >= 0.6 is 12.6 Å². The lowest BCUT2D eigenvalue weighted by atomic mass is 9.96. The number of benzene rings is 1. The minimum Gasteiger partial charge on any atom is -0.508 e. The van der Waals surface area contributed by atoms with E-state index in [2.05, 4.69) is 44.0 Å². The quantitative estimate of drug-likeness (QED) is 0.192. The molecule has 0 fully saturated rings. The largest absolute Gasteiger partial charge is 0.508 e. The van der Waals surface area contributed by atoms with Crippen molar-refractivity contribution in [1.82, 2.24) is 15.5 Å². The van der Waals surface area contributed by atoms with E-state index in [1.165, 1.54) is 11.0 Å². The Balaban J connectivity index is 3.47. The summed E-state index contributed by atoms with van der Waals surface area (Å²) in [5, 5.41) is 16.3. The molecule has 0 aliphatic heterocycles. The highest BCUT2D eigenvalue weighted by atomic mass is 32.1. The first-order valence-corrected chi connectivity index (χ1v) is 13.9. The predicted octanol–water partition coefficient (Wildman–Crippen LogP) is 5.22. The Bertz CT molecular complexity index is 872. The molecule has 9 heteroatoms. The summed E-state index contributed by atoms with van der Waals surface area (Å²) in [4.78, 5) is 41.6. The molecular formula is C28H47N3O5S. The summed E-state index contributed by atoms with van der Waals surface area (Å²) in [5.74, 6) is -0.512. The summed E-state index contributed by atoms with van der Waals surface area (Å²) in [7, 11) is 0. The van der Waals surface area contributed by atoms with Crippen LogP contribution in [0.25, 0.3) is 0 Å². The van der Waals surface area contributed by atoms with Crippen molar-refractivity contribution in [2.45, 2.75) is 104 Å². The number of hydrogen-bond donors (Lipinski definition) is 4. The fourth-order valence-electron chi connectivity index (χ4n) is 3.95. The van der Waals surface area contributed by atoms with Crippen LogP contribution in [-0.4, -0.2) is 57.9 Å². The van der Waals surface area contributed by atoms with Crippen LogP contribution < -0.4 is 10.6 Å². The third kappa shape index (κ3) is 11.2. The number of amides is 3. The third-order valence-electron chi connectivity index (χ3n) is 5.90. The summed E-state index contributed by atoms with van der Waals surface area (Å²) in [6.45, 7) is 13.8. The number of phenols is 1. The maximum absolute atomic E-state index is 14.0. The number of unbranched alkanes of at least 4 members (excludes halogenated alkanes) is 2. The van der Waals surface area contributed by atoms with Crippen LogP contribution in [0, 0.1) is 5.92 Å². The smallest absolute Gasteiger partial charge is 0.408 e. The van der Waals surface area contributed by atoms with E-state index < -0.39 is 29.7 Å². The molecule has 3 N–H and O–H groups in total. The number of hydrogen-bond acceptors (Lipinski definition) is 6. The standard InChI is InChI=1S/C28H47N3O5S/c1-8-9-12-17-29-25(33)24(21-13-10-11-14-23(21)32)31(20(4)16-15-19(2)3)26(34)22(18-37)30-27(35)36-28(5,6)7/h10-11,13-14,19-20,22,24,32,37H,8-9,12,15-18H2,1-7H3,(H,29,33)(H,30,35). The molecule has 1 aromatic carbocycles. The SMILES string of the molecule is CCCCCNC(=O)C(c1ccccc1O)N(C(=O)C(CS)NC(=O)OC(C)(C)C)C(C)CCC(C)C. The van der Waals surface area contributed by atoms with Crippen molar-refractivity contribution in [2.24, 2.45) is 5.92 Å². The molecule has 3 amide bonds. The van der Waals surface area contributed by atoms with Crippen LogP contribution in [0.3, 0.4) is 0 Å². The number of phenolic OH excluding ortho intramolecular Hbond substituents is 1. The summed E-state index contributed by atoms with van der Waals surface area (Å²) >= 11 is 4.33. The van der Waals surface area contributed by atoms with Crippen LogP contribution in [0.15, 0.2) is 24.3 Å². The van der Waals surface area contributed by atoms with E-state index in [9.17, 15) is 19.5 Å². The van der Waals surface area contributed by atoms with Crippen molar-refractivity contribution >= 4 is 30.5 Å². The van der Waals surface area contributed by atoms with E-state index in [-0.39, 0.29) is 23.5 Å². The highest BCUT2D eigenvalue weighted by molar-refractivity contribution is 7.80. The van der Waals surface area contributed by atoms with Gasteiger partial charge in [0.05, 0.1) is 0 Å². The Morgan fingerprint density at radius 2 is 1.73 bits per heavy atom. The molecule has 37 heavy (non-hydrogen) atoms. The zero-order valence-electron chi connectivity index (χ0n) is 23.5. The van der Waals surface area contributed by atoms with Gasteiger partial charge in [0.1, 0.15) is 23.4 Å². The van der Waals surface area contributed by atoms with Crippen LogP contribution in [-0.2, 0) is 14.3 Å². The van der Waals surface area contributed by atoms with Gasteiger partial charge in [-0.15, -0.1) is 0 Å². The Morgan fingerprint density at radius 1 is 1.08 bits per heavy atom. The number of carbonyl (C=O) groups excluding carboxylic acids is 3. The highest BCUT2D eigenvalue weighted by Gasteiger charge is 2.39. The zero-order valence-corrected chi connectivity index (χ0v) is 24.4. The van der Waals surface area contributed by atoms with Crippen LogP contribution in [0.1, 0.15) is 92.2 Å². The van der Waals surface area contributed by atoms with Crippen molar-refractivity contribution in [3.05, 3.63) is 29.8 Å². The summed E-state index contributed by atoms with van der Waals surface area (Å²) < 4.78 is 5.35. The second kappa shape index (κ2) is 15.7. The number of ether oxygens (including phenoxy) is 1. The lowest BCUT2D eigenvalue weighted by molar-refractivity contribution is -0.144. The molecule has 0 spiro atoms. The monoisotopic (exact) mass is 537 g/mol. The first-order chi connectivity index (χ1) is 17.3. The minimum atomic E-state index is -1.08. The number of para-hydroxylation sites is 1. The highest BCUT2D eigenvalue weighted by Crippen LogP contribution is 2.32. The summed E-state index contributed by atoms with van der Waals surface area (Å²) in [6, 6.07) is 4.08. The number of carbonyl (C=O) groups is 3. The van der Waals surface area contributed by atoms with Crippen LogP contribution in [0.4, 0.5) is 4.79 Å². The van der Waals surface area contributed by atoms with Crippen molar-refractivity contribution in [1.29, 1.82) is 0 Å². The molecular weight excluding hydrogens is 490 g/mol. The predicted molar refractivity (Wildman–Crippen MR) is 151 cm³/mol. The van der Waals surface area contributed by atoms with Crippen molar-refractivity contribution in [2.75, 3.05) is 12.3 Å². The second-order valence-electron chi connectivity index (χ2n) is 10.9. The van der Waals surface area contributed by atoms with E-state index in [1.54, 1.807) is 39.0 Å². The number of alkyl carbamates (subject to hydrolysis) is 1. The zero-order chi connectivity index (χ0) is 28.2. The van der Waals surface area contributed by atoms with E-state index in [0.29, 0.717) is 24.4 Å².